The van der Waals surface area contributed by atoms with Crippen LogP contribution in [0.5, 0.6) is 0 Å². The van der Waals surface area contributed by atoms with Crippen LogP contribution in [-0.4, -0.2) is 45.7 Å². The van der Waals surface area contributed by atoms with Crippen LogP contribution in [0.15, 0.2) is 106 Å². The summed E-state index contributed by atoms with van der Waals surface area (Å²) in [6.07, 6.45) is 0. The summed E-state index contributed by atoms with van der Waals surface area (Å²) < 4.78 is 1.73. The monoisotopic (exact) mass is 738 g/mol. The van der Waals surface area contributed by atoms with Gasteiger partial charge in [-0.3, -0.25) is 19.2 Å². The SMILES string of the molecule is Cc1cccc(N2C(=O)C3C(C2=O)N2C(c4ccc(Br)cc4)C4C(=O)N(c5cccc(C)c5)C(=O)C4N2C3c2ccc(Br)cc2)c1. The molecule has 0 N–H and O–H groups in total. The topological polar surface area (TPSA) is 81.2 Å². The number of hydrogen-bond acceptors (Lipinski definition) is 6. The zero-order valence-electron chi connectivity index (χ0n) is 24.9. The van der Waals surface area contributed by atoms with E-state index in [0.29, 0.717) is 11.4 Å². The zero-order valence-corrected chi connectivity index (χ0v) is 28.1. The highest BCUT2D eigenvalue weighted by Gasteiger charge is 2.73. The van der Waals surface area contributed by atoms with E-state index in [1.807, 2.05) is 109 Å². The van der Waals surface area contributed by atoms with Crippen molar-refractivity contribution in [2.75, 3.05) is 9.80 Å². The first-order valence-corrected chi connectivity index (χ1v) is 16.7. The lowest BCUT2D eigenvalue weighted by molar-refractivity contribution is -0.136. The summed E-state index contributed by atoms with van der Waals surface area (Å²) >= 11 is 7.04. The molecular formula is C36H28Br2N4O4. The number of aryl methyl sites for hydroxylation is 2. The van der Waals surface area contributed by atoms with Crippen molar-refractivity contribution < 1.29 is 19.2 Å². The Hall–Kier alpha value is -3.96. The number of hydrogen-bond donors (Lipinski definition) is 0. The second kappa shape index (κ2) is 10.8. The number of rotatable bonds is 4. The van der Waals surface area contributed by atoms with Crippen molar-refractivity contribution in [1.29, 1.82) is 0 Å². The Bertz CT molecular complexity index is 1810. The predicted molar refractivity (Wildman–Crippen MR) is 179 cm³/mol. The molecule has 4 aromatic carbocycles. The number of fused-ring (bicyclic) bond motifs is 5. The van der Waals surface area contributed by atoms with Crippen LogP contribution < -0.4 is 9.80 Å². The van der Waals surface area contributed by atoms with Gasteiger partial charge in [0.25, 0.3) is 11.8 Å². The fourth-order valence-corrected chi connectivity index (χ4v) is 8.39. The van der Waals surface area contributed by atoms with Gasteiger partial charge in [-0.2, -0.15) is 0 Å². The van der Waals surface area contributed by atoms with Crippen LogP contribution in [0.2, 0.25) is 0 Å². The van der Waals surface area contributed by atoms with Crippen LogP contribution in [0.3, 0.4) is 0 Å². The second-order valence-corrected chi connectivity index (χ2v) is 14.2. The van der Waals surface area contributed by atoms with E-state index in [4.69, 9.17) is 0 Å². The molecule has 46 heavy (non-hydrogen) atoms. The van der Waals surface area contributed by atoms with Gasteiger partial charge in [0, 0.05) is 8.95 Å². The third kappa shape index (κ3) is 4.24. The van der Waals surface area contributed by atoms with E-state index < -0.39 is 36.0 Å². The molecule has 4 saturated heterocycles. The highest BCUT2D eigenvalue weighted by atomic mass is 79.9. The van der Waals surface area contributed by atoms with Gasteiger partial charge in [0.2, 0.25) is 11.8 Å². The normalized spacial score (nSPS) is 27.5. The summed E-state index contributed by atoms with van der Waals surface area (Å²) in [6, 6.07) is 26.8. The van der Waals surface area contributed by atoms with E-state index in [-0.39, 0.29) is 23.6 Å². The number of imide groups is 2. The smallest absolute Gasteiger partial charge is 0.253 e. The lowest BCUT2D eigenvalue weighted by atomic mass is 9.84. The Morgan fingerprint density at radius 1 is 0.478 bits per heavy atom. The van der Waals surface area contributed by atoms with Crippen molar-refractivity contribution in [2.24, 2.45) is 11.8 Å². The number of carbonyl (C=O) groups is 4. The lowest BCUT2D eigenvalue weighted by Gasteiger charge is -2.35. The molecule has 8 nitrogen and oxygen atoms in total. The number of carbonyl (C=O) groups excluding carboxylic acids is 4. The van der Waals surface area contributed by atoms with Gasteiger partial charge in [-0.05, 0) is 84.6 Å². The van der Waals surface area contributed by atoms with Crippen molar-refractivity contribution >= 4 is 66.9 Å². The first-order chi connectivity index (χ1) is 22.2. The fraction of sp³-hybridized carbons (Fsp3) is 0.222. The minimum atomic E-state index is -0.908. The molecule has 4 amide bonds. The molecule has 0 saturated carbocycles. The first-order valence-electron chi connectivity index (χ1n) is 15.1. The summed E-state index contributed by atoms with van der Waals surface area (Å²) in [4.78, 5) is 60.7. The number of hydrazine groups is 1. The van der Waals surface area contributed by atoms with Gasteiger partial charge in [0.05, 0.1) is 35.3 Å². The van der Waals surface area contributed by atoms with E-state index in [1.165, 1.54) is 9.80 Å². The van der Waals surface area contributed by atoms with E-state index in [1.54, 1.807) is 12.1 Å². The molecule has 6 unspecified atom stereocenters. The Labute approximate surface area is 282 Å². The fourth-order valence-electron chi connectivity index (χ4n) is 7.86. The number of nitrogens with zero attached hydrogens (tertiary/aromatic N) is 4. The summed E-state index contributed by atoms with van der Waals surface area (Å²) in [5.74, 6) is -2.96. The van der Waals surface area contributed by atoms with Crippen molar-refractivity contribution in [2.45, 2.75) is 38.0 Å². The van der Waals surface area contributed by atoms with Crippen LogP contribution in [0, 0.1) is 25.7 Å². The second-order valence-electron chi connectivity index (χ2n) is 12.4. The maximum Gasteiger partial charge on any atom is 0.253 e. The Kier molecular flexibility index (Phi) is 6.91. The van der Waals surface area contributed by atoms with Crippen LogP contribution in [0.25, 0.3) is 0 Å². The molecule has 0 spiro atoms. The minimum absolute atomic E-state index is 0.318. The van der Waals surface area contributed by atoms with Gasteiger partial charge in [-0.1, -0.05) is 80.4 Å². The summed E-state index contributed by atoms with van der Waals surface area (Å²) in [5.41, 5.74) is 4.47. The average molecular weight is 740 g/mol. The van der Waals surface area contributed by atoms with Gasteiger partial charge in [0.15, 0.2) is 0 Å². The molecule has 0 aromatic heterocycles. The minimum Gasteiger partial charge on any atom is -0.274 e. The average Bonchev–Trinajstić information content (AvgIpc) is 3.69. The van der Waals surface area contributed by atoms with Gasteiger partial charge in [-0.15, -0.1) is 0 Å². The highest BCUT2D eigenvalue weighted by molar-refractivity contribution is 9.10. The van der Waals surface area contributed by atoms with Gasteiger partial charge < -0.3 is 0 Å². The van der Waals surface area contributed by atoms with Gasteiger partial charge >= 0.3 is 0 Å². The Balaban J connectivity index is 1.33. The molecule has 0 aliphatic carbocycles. The van der Waals surface area contributed by atoms with Crippen molar-refractivity contribution in [3.63, 3.8) is 0 Å². The van der Waals surface area contributed by atoms with E-state index in [0.717, 1.165) is 31.2 Å². The van der Waals surface area contributed by atoms with E-state index >= 15 is 0 Å². The van der Waals surface area contributed by atoms with Crippen LogP contribution in [0.4, 0.5) is 11.4 Å². The van der Waals surface area contributed by atoms with Gasteiger partial charge in [0.1, 0.15) is 12.1 Å². The molecule has 4 fully saturated rings. The van der Waals surface area contributed by atoms with Crippen LogP contribution in [0.1, 0.15) is 34.3 Å². The third-order valence-electron chi connectivity index (χ3n) is 9.67. The van der Waals surface area contributed by atoms with Gasteiger partial charge in [-0.25, -0.2) is 19.8 Å². The maximum atomic E-state index is 14.6. The lowest BCUT2D eigenvalue weighted by Crippen LogP contribution is -2.50. The van der Waals surface area contributed by atoms with Crippen molar-refractivity contribution in [3.05, 3.63) is 128 Å². The number of anilines is 2. The highest BCUT2D eigenvalue weighted by Crippen LogP contribution is 2.59. The molecule has 6 atom stereocenters. The first kappa shape index (κ1) is 29.4. The van der Waals surface area contributed by atoms with E-state index in [9.17, 15) is 19.2 Å². The molecule has 0 bridgehead atoms. The molecule has 4 aliphatic rings. The molecular weight excluding hydrogens is 712 g/mol. The van der Waals surface area contributed by atoms with E-state index in [2.05, 4.69) is 31.9 Å². The van der Waals surface area contributed by atoms with Crippen molar-refractivity contribution in [1.82, 2.24) is 10.0 Å². The molecule has 4 heterocycles. The largest absolute Gasteiger partial charge is 0.274 e. The standard InChI is InChI=1S/C36H28Br2N4O4/c1-19-5-3-7-25(17-19)39-33(43)27-29(21-9-13-23(37)14-10-21)42-32-28(34(44)40(36(32)46)26-8-4-6-20(2)18-26)30(41(42)31(27)35(39)45)22-11-15-24(38)16-12-22/h3-18,27-32H,1-2H3. The van der Waals surface area contributed by atoms with Crippen LogP contribution >= 0.6 is 31.9 Å². The maximum absolute atomic E-state index is 14.6. The molecule has 10 heteroatoms. The Morgan fingerprint density at radius 2 is 0.848 bits per heavy atom. The molecule has 4 aromatic rings. The molecule has 0 radical (unpaired) electrons. The van der Waals surface area contributed by atoms with Crippen molar-refractivity contribution in [3.8, 4) is 0 Å². The Morgan fingerprint density at radius 3 is 1.20 bits per heavy atom. The molecule has 230 valence electrons. The number of benzene rings is 4. The summed E-state index contributed by atoms with van der Waals surface area (Å²) in [7, 11) is 0. The van der Waals surface area contributed by atoms with Crippen LogP contribution in [-0.2, 0) is 19.2 Å². The predicted octanol–water partition coefficient (Wildman–Crippen LogP) is 6.27. The third-order valence-corrected chi connectivity index (χ3v) is 10.7. The summed E-state index contributed by atoms with van der Waals surface area (Å²) in [5, 5.41) is 3.80. The number of amides is 4. The quantitative estimate of drug-likeness (QED) is 0.230. The zero-order chi connectivity index (χ0) is 32.0. The molecule has 4 aliphatic heterocycles. The molecule has 8 rings (SSSR count). The summed E-state index contributed by atoms with van der Waals surface area (Å²) in [6.45, 7) is 3.84. The number of halogens is 2.